The average Bonchev–Trinajstić information content (AvgIpc) is 2.37. The van der Waals surface area contributed by atoms with Crippen molar-refractivity contribution in [2.75, 3.05) is 5.32 Å². The van der Waals surface area contributed by atoms with Gasteiger partial charge in [0.2, 0.25) is 6.41 Å². The van der Waals surface area contributed by atoms with E-state index in [9.17, 15) is 18.0 Å². The Labute approximate surface area is 109 Å². The van der Waals surface area contributed by atoms with E-state index in [1.54, 1.807) is 0 Å². The van der Waals surface area contributed by atoms with Gasteiger partial charge in [-0.1, -0.05) is 6.92 Å². The average molecular weight is 272 g/mol. The van der Waals surface area contributed by atoms with Gasteiger partial charge in [0, 0.05) is 11.7 Å². The van der Waals surface area contributed by atoms with Crippen LogP contribution >= 0.6 is 0 Å². The van der Waals surface area contributed by atoms with Gasteiger partial charge in [0.1, 0.15) is 0 Å². The van der Waals surface area contributed by atoms with Crippen LogP contribution in [0.25, 0.3) is 0 Å². The number of nitrogens with one attached hydrogen (secondary N) is 2. The molecule has 19 heavy (non-hydrogen) atoms. The number of hydrogen-bond donors (Lipinski definition) is 2. The monoisotopic (exact) mass is 272 g/mol. The maximum atomic E-state index is 12.7. The Bertz CT molecular complexity index is 473. The summed E-state index contributed by atoms with van der Waals surface area (Å²) < 4.78 is 38.1. The zero-order valence-electron chi connectivity index (χ0n) is 10.4. The molecule has 2 N–H and O–H groups in total. The van der Waals surface area contributed by atoms with Crippen LogP contribution in [-0.2, 0) is 11.0 Å². The molecule has 1 aliphatic rings. The second kappa shape index (κ2) is 5.11. The first-order valence-corrected chi connectivity index (χ1v) is 6.13. The van der Waals surface area contributed by atoms with Crippen molar-refractivity contribution < 1.29 is 18.0 Å². The van der Waals surface area contributed by atoms with Crippen LogP contribution < -0.4 is 10.6 Å². The van der Waals surface area contributed by atoms with E-state index in [-0.39, 0.29) is 12.1 Å². The lowest BCUT2D eigenvalue weighted by atomic mass is 9.90. The first kappa shape index (κ1) is 13.7. The number of fused-ring (bicyclic) bond motifs is 1. The van der Waals surface area contributed by atoms with E-state index >= 15 is 0 Å². The third-order valence-electron chi connectivity index (χ3n) is 3.40. The van der Waals surface area contributed by atoms with Gasteiger partial charge in [0.05, 0.1) is 11.6 Å². The maximum absolute atomic E-state index is 12.7. The predicted octanol–water partition coefficient (Wildman–Crippen LogP) is 3.09. The second-order valence-electron chi connectivity index (χ2n) is 4.62. The van der Waals surface area contributed by atoms with Gasteiger partial charge in [0.15, 0.2) is 0 Å². The fourth-order valence-corrected chi connectivity index (χ4v) is 2.36. The lowest BCUT2D eigenvalue weighted by molar-refractivity contribution is -0.137. The van der Waals surface area contributed by atoms with E-state index in [1.807, 2.05) is 6.92 Å². The SMILES string of the molecule is CCC1C[C@H](NC=O)c2cc(C(F)(F)F)ccc2N1. The van der Waals surface area contributed by atoms with Gasteiger partial charge in [-0.15, -0.1) is 0 Å². The van der Waals surface area contributed by atoms with Gasteiger partial charge in [-0.25, -0.2) is 0 Å². The minimum atomic E-state index is -4.37. The molecule has 0 spiro atoms. The van der Waals surface area contributed by atoms with Crippen LogP contribution in [-0.4, -0.2) is 12.5 Å². The molecule has 0 bridgehead atoms. The molecule has 1 heterocycles. The number of carbonyl (C=O) groups excluding carboxylic acids is 1. The van der Waals surface area contributed by atoms with Gasteiger partial charge in [-0.3, -0.25) is 4.79 Å². The molecule has 0 saturated heterocycles. The fourth-order valence-electron chi connectivity index (χ4n) is 2.36. The van der Waals surface area contributed by atoms with Gasteiger partial charge in [0.25, 0.3) is 0 Å². The molecule has 0 aliphatic carbocycles. The standard InChI is InChI=1S/C13H15F3N2O/c1-2-9-6-12(17-7-19)10-5-8(13(14,15)16)3-4-11(10)18-9/h3-5,7,9,12,18H,2,6H2,1H3,(H,17,19)/t9?,12-/m0/s1. The molecule has 2 rings (SSSR count). The molecule has 1 aliphatic heterocycles. The Kier molecular flexibility index (Phi) is 3.68. The Hall–Kier alpha value is -1.72. The van der Waals surface area contributed by atoms with Crippen LogP contribution in [0.5, 0.6) is 0 Å². The maximum Gasteiger partial charge on any atom is 0.416 e. The number of rotatable bonds is 3. The van der Waals surface area contributed by atoms with Crippen LogP contribution in [0.15, 0.2) is 18.2 Å². The number of benzene rings is 1. The quantitative estimate of drug-likeness (QED) is 0.830. The van der Waals surface area contributed by atoms with Crippen LogP contribution in [0.3, 0.4) is 0 Å². The summed E-state index contributed by atoms with van der Waals surface area (Å²) in [6.07, 6.45) is -2.41. The summed E-state index contributed by atoms with van der Waals surface area (Å²) in [6.45, 7) is 1.99. The number of anilines is 1. The van der Waals surface area contributed by atoms with E-state index in [4.69, 9.17) is 0 Å². The fraction of sp³-hybridized carbons (Fsp3) is 0.462. The second-order valence-corrected chi connectivity index (χ2v) is 4.62. The summed E-state index contributed by atoms with van der Waals surface area (Å²) in [5.74, 6) is 0. The van der Waals surface area contributed by atoms with Crippen molar-refractivity contribution in [2.45, 2.75) is 38.0 Å². The molecule has 0 radical (unpaired) electrons. The third kappa shape index (κ3) is 2.83. The summed E-state index contributed by atoms with van der Waals surface area (Å²) in [6, 6.07) is 3.37. The highest BCUT2D eigenvalue weighted by atomic mass is 19.4. The highest BCUT2D eigenvalue weighted by molar-refractivity contribution is 5.59. The van der Waals surface area contributed by atoms with Crippen molar-refractivity contribution in [1.82, 2.24) is 5.32 Å². The summed E-state index contributed by atoms with van der Waals surface area (Å²) in [5, 5.41) is 5.79. The Morgan fingerprint density at radius 1 is 1.47 bits per heavy atom. The topological polar surface area (TPSA) is 41.1 Å². The molecule has 6 heteroatoms. The van der Waals surface area contributed by atoms with Gasteiger partial charge >= 0.3 is 6.18 Å². The Balaban J connectivity index is 2.40. The molecule has 1 unspecified atom stereocenters. The zero-order valence-corrected chi connectivity index (χ0v) is 10.4. The number of hydrogen-bond acceptors (Lipinski definition) is 2. The normalized spacial score (nSPS) is 22.3. The molecular weight excluding hydrogens is 257 g/mol. The van der Waals surface area contributed by atoms with E-state index < -0.39 is 11.7 Å². The van der Waals surface area contributed by atoms with Gasteiger partial charge < -0.3 is 10.6 Å². The number of carbonyl (C=O) groups is 1. The van der Waals surface area contributed by atoms with Gasteiger partial charge in [-0.05, 0) is 36.6 Å². The Morgan fingerprint density at radius 3 is 2.79 bits per heavy atom. The minimum Gasteiger partial charge on any atom is -0.382 e. The molecule has 0 fully saturated rings. The molecular formula is C13H15F3N2O. The molecule has 1 aromatic rings. The van der Waals surface area contributed by atoms with Crippen molar-refractivity contribution in [3.05, 3.63) is 29.3 Å². The number of amides is 1. The number of halogens is 3. The number of alkyl halides is 3. The van der Waals surface area contributed by atoms with E-state index in [1.165, 1.54) is 6.07 Å². The van der Waals surface area contributed by atoms with E-state index in [0.717, 1.165) is 18.6 Å². The molecule has 1 amide bonds. The predicted molar refractivity (Wildman–Crippen MR) is 65.7 cm³/mol. The van der Waals surface area contributed by atoms with Crippen LogP contribution in [0, 0.1) is 0 Å². The first-order chi connectivity index (χ1) is 8.95. The van der Waals surface area contributed by atoms with Crippen molar-refractivity contribution in [2.24, 2.45) is 0 Å². The highest BCUT2D eigenvalue weighted by Gasteiger charge is 2.33. The molecule has 1 aromatic carbocycles. The van der Waals surface area contributed by atoms with E-state index in [2.05, 4.69) is 10.6 Å². The first-order valence-electron chi connectivity index (χ1n) is 6.13. The molecule has 2 atom stereocenters. The summed E-state index contributed by atoms with van der Waals surface area (Å²) in [7, 11) is 0. The Morgan fingerprint density at radius 2 is 2.21 bits per heavy atom. The minimum absolute atomic E-state index is 0.154. The molecule has 3 nitrogen and oxygen atoms in total. The summed E-state index contributed by atoms with van der Waals surface area (Å²) in [5.41, 5.74) is 0.456. The summed E-state index contributed by atoms with van der Waals surface area (Å²) in [4.78, 5) is 10.6. The van der Waals surface area contributed by atoms with Crippen LogP contribution in [0.4, 0.5) is 18.9 Å². The smallest absolute Gasteiger partial charge is 0.382 e. The largest absolute Gasteiger partial charge is 0.416 e. The zero-order chi connectivity index (χ0) is 14.0. The molecule has 0 aromatic heterocycles. The van der Waals surface area contributed by atoms with Crippen molar-refractivity contribution in [3.8, 4) is 0 Å². The summed E-state index contributed by atoms with van der Waals surface area (Å²) >= 11 is 0. The van der Waals surface area contributed by atoms with E-state index in [0.29, 0.717) is 24.1 Å². The lowest BCUT2D eigenvalue weighted by Gasteiger charge is -2.33. The molecule has 104 valence electrons. The van der Waals surface area contributed by atoms with Crippen molar-refractivity contribution >= 4 is 12.1 Å². The van der Waals surface area contributed by atoms with Crippen molar-refractivity contribution in [1.29, 1.82) is 0 Å². The third-order valence-corrected chi connectivity index (χ3v) is 3.40. The molecule has 0 saturated carbocycles. The van der Waals surface area contributed by atoms with Crippen LogP contribution in [0.2, 0.25) is 0 Å². The lowest BCUT2D eigenvalue weighted by Crippen LogP contribution is -2.34. The highest BCUT2D eigenvalue weighted by Crippen LogP contribution is 2.38. The van der Waals surface area contributed by atoms with Crippen molar-refractivity contribution in [3.63, 3.8) is 0 Å². The van der Waals surface area contributed by atoms with Gasteiger partial charge in [-0.2, -0.15) is 13.2 Å². The van der Waals surface area contributed by atoms with Crippen LogP contribution in [0.1, 0.15) is 36.9 Å².